The van der Waals surface area contributed by atoms with Crippen molar-refractivity contribution in [2.45, 2.75) is 16.8 Å². The van der Waals surface area contributed by atoms with Gasteiger partial charge in [-0.3, -0.25) is 0 Å². The summed E-state index contributed by atoms with van der Waals surface area (Å²) in [4.78, 5) is 16.0. The maximum absolute atomic E-state index is 13.7. The first-order chi connectivity index (χ1) is 10.0. The number of hydrogen-bond donors (Lipinski definition) is 1. The quantitative estimate of drug-likeness (QED) is 0.878. The van der Waals surface area contributed by atoms with Crippen molar-refractivity contribution < 1.29 is 18.3 Å². The number of nitrogens with zero attached hydrogens (tertiary/aromatic N) is 1. The van der Waals surface area contributed by atoms with Crippen LogP contribution < -0.4 is 5.73 Å². The fourth-order valence-corrected chi connectivity index (χ4v) is 2.43. The van der Waals surface area contributed by atoms with Gasteiger partial charge in [-0.15, -0.1) is 0 Å². The Hall–Kier alpha value is -2.15. The van der Waals surface area contributed by atoms with Crippen molar-refractivity contribution >= 4 is 23.4 Å². The summed E-state index contributed by atoms with van der Waals surface area (Å²) in [6.07, 6.45) is 1.35. The molecule has 0 atom stereocenters. The van der Waals surface area contributed by atoms with E-state index < -0.39 is 17.6 Å². The van der Waals surface area contributed by atoms with E-state index in [1.54, 1.807) is 6.92 Å². The second-order valence-corrected chi connectivity index (χ2v) is 5.05. The number of nitrogens with two attached hydrogens (primary N) is 1. The van der Waals surface area contributed by atoms with Gasteiger partial charge in [0.25, 0.3) is 0 Å². The number of carbonyl (C=O) groups is 1. The number of esters is 1. The Morgan fingerprint density at radius 3 is 2.81 bits per heavy atom. The average Bonchev–Trinajstić information content (AvgIpc) is 2.43. The smallest absolute Gasteiger partial charge is 0.340 e. The summed E-state index contributed by atoms with van der Waals surface area (Å²) >= 11 is 0.903. The van der Waals surface area contributed by atoms with E-state index in [4.69, 9.17) is 10.5 Å². The van der Waals surface area contributed by atoms with Crippen molar-refractivity contribution in [2.24, 2.45) is 0 Å². The van der Waals surface area contributed by atoms with Crippen molar-refractivity contribution in [3.8, 4) is 0 Å². The van der Waals surface area contributed by atoms with Crippen LogP contribution in [-0.4, -0.2) is 17.6 Å². The molecule has 2 aromatic rings. The number of pyridine rings is 1. The predicted molar refractivity (Wildman–Crippen MR) is 75.1 cm³/mol. The Morgan fingerprint density at radius 1 is 1.38 bits per heavy atom. The molecule has 1 heterocycles. The molecule has 110 valence electrons. The van der Waals surface area contributed by atoms with E-state index in [0.717, 1.165) is 23.9 Å². The minimum Gasteiger partial charge on any atom is -0.462 e. The molecule has 0 aliphatic carbocycles. The molecule has 0 aliphatic rings. The van der Waals surface area contributed by atoms with Gasteiger partial charge in [-0.1, -0.05) is 11.8 Å². The Morgan fingerprint density at radius 2 is 2.14 bits per heavy atom. The van der Waals surface area contributed by atoms with E-state index in [9.17, 15) is 13.6 Å². The Labute approximate surface area is 124 Å². The lowest BCUT2D eigenvalue weighted by atomic mass is 10.2. The first-order valence-electron chi connectivity index (χ1n) is 6.06. The normalized spacial score (nSPS) is 10.4. The second kappa shape index (κ2) is 6.53. The molecule has 0 saturated carbocycles. The molecule has 0 amide bonds. The number of benzene rings is 1. The van der Waals surface area contributed by atoms with Crippen LogP contribution in [0.4, 0.5) is 14.5 Å². The molecule has 2 rings (SSSR count). The molecule has 0 saturated heterocycles. The predicted octanol–water partition coefficient (Wildman–Crippen LogP) is 3.27. The van der Waals surface area contributed by atoms with E-state index in [1.165, 1.54) is 18.3 Å². The third-order valence-electron chi connectivity index (χ3n) is 2.47. The van der Waals surface area contributed by atoms with Crippen molar-refractivity contribution in [3.63, 3.8) is 0 Å². The highest BCUT2D eigenvalue weighted by Gasteiger charge is 2.17. The van der Waals surface area contributed by atoms with Gasteiger partial charge in [0.1, 0.15) is 16.7 Å². The summed E-state index contributed by atoms with van der Waals surface area (Å²) in [5.41, 5.74) is 6.04. The van der Waals surface area contributed by atoms with Crippen molar-refractivity contribution in [3.05, 3.63) is 47.7 Å². The molecule has 0 fully saturated rings. The van der Waals surface area contributed by atoms with Crippen molar-refractivity contribution in [1.82, 2.24) is 4.98 Å². The standard InChI is InChI=1S/C14H12F2N2O2S/c1-2-20-14(19)10-6-9(17)7-18-13(10)21-12-4-3-8(15)5-11(12)16/h3-7H,2,17H2,1H3. The van der Waals surface area contributed by atoms with E-state index in [-0.39, 0.29) is 22.1 Å². The summed E-state index contributed by atoms with van der Waals surface area (Å²) in [5.74, 6) is -2.00. The van der Waals surface area contributed by atoms with E-state index in [2.05, 4.69) is 4.98 Å². The first-order valence-corrected chi connectivity index (χ1v) is 6.88. The van der Waals surface area contributed by atoms with Gasteiger partial charge in [-0.2, -0.15) is 0 Å². The van der Waals surface area contributed by atoms with E-state index in [1.807, 2.05) is 0 Å². The number of carbonyl (C=O) groups excluding carboxylic acids is 1. The molecular formula is C14H12F2N2O2S. The lowest BCUT2D eigenvalue weighted by Crippen LogP contribution is -2.08. The second-order valence-electron chi connectivity index (χ2n) is 4.02. The fourth-order valence-electron chi connectivity index (χ4n) is 1.57. The van der Waals surface area contributed by atoms with Crippen molar-refractivity contribution in [1.29, 1.82) is 0 Å². The maximum atomic E-state index is 13.7. The van der Waals surface area contributed by atoms with Gasteiger partial charge in [0.05, 0.1) is 24.1 Å². The summed E-state index contributed by atoms with van der Waals surface area (Å²) in [6.45, 7) is 1.87. The fraction of sp³-hybridized carbons (Fsp3) is 0.143. The molecular weight excluding hydrogens is 298 g/mol. The molecule has 21 heavy (non-hydrogen) atoms. The number of aromatic nitrogens is 1. The third kappa shape index (κ3) is 3.69. The number of nitrogen functional groups attached to an aromatic ring is 1. The molecule has 0 spiro atoms. The zero-order valence-electron chi connectivity index (χ0n) is 11.1. The molecule has 0 unspecified atom stereocenters. The van der Waals surface area contributed by atoms with Crippen LogP contribution in [0, 0.1) is 11.6 Å². The zero-order valence-corrected chi connectivity index (χ0v) is 11.9. The molecule has 7 heteroatoms. The van der Waals surface area contributed by atoms with Crippen LogP contribution in [0.25, 0.3) is 0 Å². The highest BCUT2D eigenvalue weighted by Crippen LogP contribution is 2.32. The van der Waals surface area contributed by atoms with Crippen LogP contribution in [0.1, 0.15) is 17.3 Å². The van der Waals surface area contributed by atoms with Gasteiger partial charge in [0.2, 0.25) is 0 Å². The van der Waals surface area contributed by atoms with Crippen LogP contribution in [0.2, 0.25) is 0 Å². The van der Waals surface area contributed by atoms with Crippen LogP contribution in [-0.2, 0) is 4.74 Å². The summed E-state index contributed by atoms with van der Waals surface area (Å²) < 4.78 is 31.5. The Balaban J connectivity index is 2.37. The van der Waals surface area contributed by atoms with Crippen LogP contribution >= 0.6 is 11.8 Å². The monoisotopic (exact) mass is 310 g/mol. The number of ether oxygens (including phenoxy) is 1. The number of rotatable bonds is 4. The number of hydrogen-bond acceptors (Lipinski definition) is 5. The van der Waals surface area contributed by atoms with Gasteiger partial charge >= 0.3 is 5.97 Å². The molecule has 0 aliphatic heterocycles. The Kier molecular flexibility index (Phi) is 4.74. The van der Waals surface area contributed by atoms with Gasteiger partial charge in [0, 0.05) is 11.0 Å². The molecule has 0 radical (unpaired) electrons. The minimum absolute atomic E-state index is 0.144. The van der Waals surface area contributed by atoms with E-state index >= 15 is 0 Å². The largest absolute Gasteiger partial charge is 0.462 e. The molecule has 4 nitrogen and oxygen atoms in total. The van der Waals surface area contributed by atoms with Gasteiger partial charge in [-0.25, -0.2) is 18.6 Å². The maximum Gasteiger partial charge on any atom is 0.340 e. The molecule has 1 aromatic heterocycles. The minimum atomic E-state index is -0.728. The number of halogens is 2. The van der Waals surface area contributed by atoms with Crippen molar-refractivity contribution in [2.75, 3.05) is 12.3 Å². The first kappa shape index (κ1) is 15.2. The van der Waals surface area contributed by atoms with Crippen LogP contribution in [0.15, 0.2) is 40.4 Å². The summed E-state index contributed by atoms with van der Waals surface area (Å²) in [7, 11) is 0. The summed E-state index contributed by atoms with van der Waals surface area (Å²) in [5, 5.41) is 0.244. The molecule has 2 N–H and O–H groups in total. The SMILES string of the molecule is CCOC(=O)c1cc(N)cnc1Sc1ccc(F)cc1F. The number of anilines is 1. The van der Waals surface area contributed by atoms with Gasteiger partial charge in [0.15, 0.2) is 0 Å². The lowest BCUT2D eigenvalue weighted by molar-refractivity contribution is 0.0521. The van der Waals surface area contributed by atoms with Crippen LogP contribution in [0.3, 0.4) is 0 Å². The van der Waals surface area contributed by atoms with E-state index in [0.29, 0.717) is 5.69 Å². The van der Waals surface area contributed by atoms with Crippen LogP contribution in [0.5, 0.6) is 0 Å². The van der Waals surface area contributed by atoms with Gasteiger partial charge < -0.3 is 10.5 Å². The Bertz CT molecular complexity index is 680. The molecule has 1 aromatic carbocycles. The third-order valence-corrected chi connectivity index (χ3v) is 3.54. The van der Waals surface area contributed by atoms with Gasteiger partial charge in [-0.05, 0) is 25.1 Å². The molecule has 0 bridgehead atoms. The highest BCUT2D eigenvalue weighted by molar-refractivity contribution is 7.99. The highest BCUT2D eigenvalue weighted by atomic mass is 32.2. The lowest BCUT2D eigenvalue weighted by Gasteiger charge is -2.09. The average molecular weight is 310 g/mol. The zero-order chi connectivity index (χ0) is 15.4. The topological polar surface area (TPSA) is 65.2 Å². The summed E-state index contributed by atoms with van der Waals surface area (Å²) in [6, 6.07) is 4.59.